The number of carbonyl (C=O) groups excluding carboxylic acids is 1. The first-order valence-electron chi connectivity index (χ1n) is 7.46. The quantitative estimate of drug-likeness (QED) is 0.582. The van der Waals surface area contributed by atoms with Gasteiger partial charge in [-0.15, -0.1) is 0 Å². The number of amides is 1. The molecule has 1 heterocycles. The number of benzene rings is 2. The van der Waals surface area contributed by atoms with E-state index in [1.807, 2.05) is 38.1 Å². The van der Waals surface area contributed by atoms with Crippen molar-refractivity contribution >= 4 is 22.4 Å². The van der Waals surface area contributed by atoms with E-state index in [1.165, 1.54) is 0 Å². The van der Waals surface area contributed by atoms with E-state index in [0.717, 1.165) is 22.0 Å². The van der Waals surface area contributed by atoms with Gasteiger partial charge in [-0.2, -0.15) is 5.10 Å². The fourth-order valence-corrected chi connectivity index (χ4v) is 2.65. The van der Waals surface area contributed by atoms with Crippen molar-refractivity contribution in [3.63, 3.8) is 0 Å². The molecule has 1 N–H and O–H groups in total. The Morgan fingerprint density at radius 2 is 1.78 bits per heavy atom. The smallest absolute Gasteiger partial charge is 0.274 e. The molecular weight excluding hydrogens is 288 g/mol. The number of nitrogens with zero attached hydrogens (tertiary/aromatic N) is 1. The van der Waals surface area contributed by atoms with E-state index >= 15 is 0 Å². The summed E-state index contributed by atoms with van der Waals surface area (Å²) < 4.78 is 5.38. The lowest BCUT2D eigenvalue weighted by Gasteiger charge is -2.06. The maximum Gasteiger partial charge on any atom is 0.274 e. The van der Waals surface area contributed by atoms with Gasteiger partial charge in [0.15, 0.2) is 0 Å². The maximum absolute atomic E-state index is 12.2. The first kappa shape index (κ1) is 15.0. The van der Waals surface area contributed by atoms with Crippen molar-refractivity contribution in [3.05, 3.63) is 71.2 Å². The number of hydrogen-bond acceptors (Lipinski definition) is 3. The highest BCUT2D eigenvalue weighted by Gasteiger charge is 2.13. The van der Waals surface area contributed by atoms with Gasteiger partial charge >= 0.3 is 0 Å². The molecule has 3 rings (SSSR count). The highest BCUT2D eigenvalue weighted by atomic mass is 16.3. The normalized spacial score (nSPS) is 11.7. The van der Waals surface area contributed by atoms with Gasteiger partial charge in [0, 0.05) is 5.56 Å². The minimum absolute atomic E-state index is 0.265. The lowest BCUT2D eigenvalue weighted by Crippen LogP contribution is -2.19. The molecule has 3 aromatic rings. The molecule has 0 bridgehead atoms. The Hall–Kier alpha value is -2.88. The number of aryl methyl sites for hydroxylation is 2. The van der Waals surface area contributed by atoms with Crippen LogP contribution in [0.25, 0.3) is 10.8 Å². The highest BCUT2D eigenvalue weighted by Crippen LogP contribution is 2.19. The van der Waals surface area contributed by atoms with Crippen molar-refractivity contribution in [2.45, 2.75) is 20.8 Å². The number of nitrogens with one attached hydrogen (secondary N) is 1. The predicted molar refractivity (Wildman–Crippen MR) is 91.8 cm³/mol. The van der Waals surface area contributed by atoms with Gasteiger partial charge in [0.05, 0.1) is 11.3 Å². The largest absolute Gasteiger partial charge is 0.466 e. The van der Waals surface area contributed by atoms with Gasteiger partial charge in [0.1, 0.15) is 11.5 Å². The van der Waals surface area contributed by atoms with Crippen molar-refractivity contribution in [2.75, 3.05) is 0 Å². The molecule has 0 aliphatic carbocycles. The van der Waals surface area contributed by atoms with E-state index in [0.29, 0.717) is 17.1 Å². The summed E-state index contributed by atoms with van der Waals surface area (Å²) in [6, 6.07) is 15.9. The SMILES string of the molecule is C/C(=N\NC(=O)c1cc(C)oc1C)c1cccc2ccccc12. The van der Waals surface area contributed by atoms with Crippen LogP contribution in [-0.2, 0) is 0 Å². The Morgan fingerprint density at radius 1 is 1.04 bits per heavy atom. The van der Waals surface area contributed by atoms with Crippen LogP contribution in [-0.4, -0.2) is 11.6 Å². The Labute approximate surface area is 134 Å². The molecule has 4 nitrogen and oxygen atoms in total. The van der Waals surface area contributed by atoms with Crippen LogP contribution in [0.3, 0.4) is 0 Å². The van der Waals surface area contributed by atoms with Crippen molar-refractivity contribution in [3.8, 4) is 0 Å². The van der Waals surface area contributed by atoms with Gasteiger partial charge in [-0.3, -0.25) is 4.79 Å². The Bertz CT molecular complexity index is 901. The van der Waals surface area contributed by atoms with E-state index in [2.05, 4.69) is 28.7 Å². The van der Waals surface area contributed by atoms with Gasteiger partial charge < -0.3 is 4.42 Å². The molecule has 0 saturated heterocycles. The van der Waals surface area contributed by atoms with Crippen molar-refractivity contribution in [1.29, 1.82) is 0 Å². The summed E-state index contributed by atoms with van der Waals surface area (Å²) in [7, 11) is 0. The van der Waals surface area contributed by atoms with Crippen LogP contribution in [0.15, 0.2) is 58.0 Å². The number of carbonyl (C=O) groups is 1. The fourth-order valence-electron chi connectivity index (χ4n) is 2.65. The minimum Gasteiger partial charge on any atom is -0.466 e. The summed E-state index contributed by atoms with van der Waals surface area (Å²) in [5.74, 6) is 1.04. The third-order valence-electron chi connectivity index (χ3n) is 3.79. The Morgan fingerprint density at radius 3 is 2.52 bits per heavy atom. The average Bonchev–Trinajstić information content (AvgIpc) is 2.90. The van der Waals surface area contributed by atoms with Crippen LogP contribution in [0.2, 0.25) is 0 Å². The number of rotatable bonds is 3. The van der Waals surface area contributed by atoms with Crippen LogP contribution in [0.4, 0.5) is 0 Å². The number of hydrogen-bond donors (Lipinski definition) is 1. The molecule has 1 amide bonds. The zero-order valence-corrected chi connectivity index (χ0v) is 13.4. The number of fused-ring (bicyclic) bond motifs is 1. The number of furan rings is 1. The Balaban J connectivity index is 1.87. The van der Waals surface area contributed by atoms with Crippen LogP contribution in [0.5, 0.6) is 0 Å². The van der Waals surface area contributed by atoms with Crippen LogP contribution >= 0.6 is 0 Å². The summed E-state index contributed by atoms with van der Waals surface area (Å²) in [5, 5.41) is 6.50. The third-order valence-corrected chi connectivity index (χ3v) is 3.79. The molecular formula is C19H18N2O2. The molecule has 4 heteroatoms. The first-order chi connectivity index (χ1) is 11.1. The fraction of sp³-hybridized carbons (Fsp3) is 0.158. The predicted octanol–water partition coefficient (Wildman–Crippen LogP) is 4.20. The molecule has 0 aliphatic rings. The molecule has 0 aliphatic heterocycles. The molecule has 0 radical (unpaired) electrons. The lowest BCUT2D eigenvalue weighted by molar-refractivity contribution is 0.0953. The molecule has 23 heavy (non-hydrogen) atoms. The molecule has 0 unspecified atom stereocenters. The van der Waals surface area contributed by atoms with Gasteiger partial charge in [0.25, 0.3) is 5.91 Å². The van der Waals surface area contributed by atoms with Gasteiger partial charge in [0.2, 0.25) is 0 Å². The van der Waals surface area contributed by atoms with Crippen molar-refractivity contribution in [2.24, 2.45) is 5.10 Å². The third kappa shape index (κ3) is 3.01. The van der Waals surface area contributed by atoms with Gasteiger partial charge in [-0.25, -0.2) is 5.43 Å². The van der Waals surface area contributed by atoms with Gasteiger partial charge in [-0.05, 0) is 37.6 Å². The highest BCUT2D eigenvalue weighted by molar-refractivity contribution is 6.10. The second-order valence-corrected chi connectivity index (χ2v) is 5.49. The van der Waals surface area contributed by atoms with E-state index in [4.69, 9.17) is 4.42 Å². The van der Waals surface area contributed by atoms with Crippen LogP contribution in [0, 0.1) is 13.8 Å². The molecule has 0 spiro atoms. The topological polar surface area (TPSA) is 54.6 Å². The van der Waals surface area contributed by atoms with Crippen molar-refractivity contribution in [1.82, 2.24) is 5.43 Å². The second-order valence-electron chi connectivity index (χ2n) is 5.49. The molecule has 2 aromatic carbocycles. The molecule has 0 fully saturated rings. The van der Waals surface area contributed by atoms with E-state index in [-0.39, 0.29) is 5.91 Å². The van der Waals surface area contributed by atoms with E-state index in [9.17, 15) is 4.79 Å². The maximum atomic E-state index is 12.2. The van der Waals surface area contributed by atoms with Crippen LogP contribution in [0.1, 0.15) is 34.4 Å². The molecule has 116 valence electrons. The summed E-state index contributed by atoms with van der Waals surface area (Å²) in [6.45, 7) is 5.47. The summed E-state index contributed by atoms with van der Waals surface area (Å²) in [6.07, 6.45) is 0. The first-order valence-corrected chi connectivity index (χ1v) is 7.46. The zero-order chi connectivity index (χ0) is 16.4. The Kier molecular flexibility index (Phi) is 3.98. The average molecular weight is 306 g/mol. The minimum atomic E-state index is -0.265. The summed E-state index contributed by atoms with van der Waals surface area (Å²) in [5.41, 5.74) is 4.88. The lowest BCUT2D eigenvalue weighted by atomic mass is 10.0. The van der Waals surface area contributed by atoms with Crippen molar-refractivity contribution < 1.29 is 9.21 Å². The standard InChI is InChI=1S/C19H18N2O2/c1-12-11-18(14(3)23-12)19(22)21-20-13(2)16-10-6-8-15-7-4-5-9-17(15)16/h4-11H,1-3H3,(H,21,22)/b20-13+. The molecule has 0 saturated carbocycles. The second kappa shape index (κ2) is 6.08. The summed E-state index contributed by atoms with van der Waals surface area (Å²) in [4.78, 5) is 12.2. The van der Waals surface area contributed by atoms with Gasteiger partial charge in [-0.1, -0.05) is 42.5 Å². The number of hydrazone groups is 1. The zero-order valence-electron chi connectivity index (χ0n) is 13.4. The molecule has 1 aromatic heterocycles. The van der Waals surface area contributed by atoms with E-state index in [1.54, 1.807) is 13.0 Å². The van der Waals surface area contributed by atoms with Crippen LogP contribution < -0.4 is 5.43 Å². The van der Waals surface area contributed by atoms with E-state index < -0.39 is 0 Å². The summed E-state index contributed by atoms with van der Waals surface area (Å²) >= 11 is 0. The molecule has 0 atom stereocenters. The monoisotopic (exact) mass is 306 g/mol.